The Morgan fingerprint density at radius 2 is 1.94 bits per heavy atom. The summed E-state index contributed by atoms with van der Waals surface area (Å²) in [6, 6.07) is 16.4. The van der Waals surface area contributed by atoms with E-state index in [4.69, 9.17) is 21.8 Å². The van der Waals surface area contributed by atoms with Crippen molar-refractivity contribution in [3.05, 3.63) is 63.9 Å². The van der Waals surface area contributed by atoms with E-state index >= 15 is 0 Å². The molecule has 0 aliphatic carbocycles. The summed E-state index contributed by atoms with van der Waals surface area (Å²) in [5, 5.41) is 9.96. The van der Waals surface area contributed by atoms with Crippen LogP contribution in [0.4, 0.5) is 5.69 Å². The van der Waals surface area contributed by atoms with Crippen LogP contribution in [0, 0.1) is 17.2 Å². The summed E-state index contributed by atoms with van der Waals surface area (Å²) >= 11 is 7.35. The van der Waals surface area contributed by atoms with E-state index in [1.165, 1.54) is 11.8 Å². The molecule has 2 aromatic carbocycles. The van der Waals surface area contributed by atoms with Crippen LogP contribution in [0.2, 0.25) is 5.02 Å². The number of thioether (sulfide) groups is 1. The predicted octanol–water partition coefficient (Wildman–Crippen LogP) is 5.13. The molecule has 1 aromatic heterocycles. The van der Waals surface area contributed by atoms with E-state index in [9.17, 15) is 9.59 Å². The van der Waals surface area contributed by atoms with E-state index in [0.717, 1.165) is 5.69 Å². The van der Waals surface area contributed by atoms with Crippen LogP contribution in [0.3, 0.4) is 0 Å². The lowest BCUT2D eigenvalue weighted by Crippen LogP contribution is -2.38. The van der Waals surface area contributed by atoms with Crippen LogP contribution in [0.15, 0.2) is 58.5 Å². The van der Waals surface area contributed by atoms with Crippen LogP contribution < -0.4 is 10.5 Å². The topological polar surface area (TPSA) is 79.0 Å². The number of nitriles is 1. The summed E-state index contributed by atoms with van der Waals surface area (Å²) < 4.78 is 1.62. The number of carbonyl (C=O) groups excluding carboxylic acids is 1. The van der Waals surface area contributed by atoms with Crippen molar-refractivity contribution in [1.82, 2.24) is 9.55 Å². The highest BCUT2D eigenvalue weighted by atomic mass is 35.5. The first-order chi connectivity index (χ1) is 15.3. The Hall–Kier alpha value is -2.82. The highest BCUT2D eigenvalue weighted by molar-refractivity contribution is 8.00. The largest absolute Gasteiger partial charge is 0.310 e. The van der Waals surface area contributed by atoms with Crippen LogP contribution in [0.25, 0.3) is 10.9 Å². The molecule has 1 atom stereocenters. The Morgan fingerprint density at radius 1 is 1.22 bits per heavy atom. The number of hydrogen-bond donors (Lipinski definition) is 0. The van der Waals surface area contributed by atoms with Gasteiger partial charge in [-0.15, -0.1) is 0 Å². The SMILES string of the molecule is CC(C)Cn1c(SC(C)C(=O)N(CCC#N)c2ccccc2)nc2ccc(Cl)cc2c1=O. The number of anilines is 1. The molecule has 1 heterocycles. The minimum absolute atomic E-state index is 0.141. The second-order valence-electron chi connectivity index (χ2n) is 7.86. The van der Waals surface area contributed by atoms with Gasteiger partial charge in [0.1, 0.15) is 0 Å². The fourth-order valence-electron chi connectivity index (χ4n) is 3.35. The van der Waals surface area contributed by atoms with E-state index in [1.54, 1.807) is 34.6 Å². The van der Waals surface area contributed by atoms with Gasteiger partial charge in [-0.1, -0.05) is 55.4 Å². The van der Waals surface area contributed by atoms with Crippen molar-refractivity contribution in [2.45, 2.75) is 44.1 Å². The third-order valence-corrected chi connectivity index (χ3v) is 6.15. The lowest BCUT2D eigenvalue weighted by atomic mass is 10.2. The Kier molecular flexibility index (Phi) is 7.94. The summed E-state index contributed by atoms with van der Waals surface area (Å²) in [5.41, 5.74) is 1.12. The lowest BCUT2D eigenvalue weighted by molar-refractivity contribution is -0.117. The maximum Gasteiger partial charge on any atom is 0.262 e. The molecule has 0 saturated carbocycles. The molecular formula is C24H25ClN4O2S. The van der Waals surface area contributed by atoms with Crippen LogP contribution in [-0.4, -0.2) is 27.3 Å². The average molecular weight is 469 g/mol. The van der Waals surface area contributed by atoms with Crippen molar-refractivity contribution < 1.29 is 4.79 Å². The standard InChI is InChI=1S/C24H25ClN4O2S/c1-16(2)15-29-23(31)20-14-18(25)10-11-21(20)27-24(29)32-17(3)22(30)28(13-7-12-26)19-8-5-4-6-9-19/h4-6,8-11,14,16-17H,7,13,15H2,1-3H3. The summed E-state index contributed by atoms with van der Waals surface area (Å²) in [6.45, 7) is 6.63. The number of rotatable bonds is 8. The number of benzene rings is 2. The summed E-state index contributed by atoms with van der Waals surface area (Å²) in [6.07, 6.45) is 0.227. The molecule has 1 unspecified atom stereocenters. The number of hydrogen-bond acceptors (Lipinski definition) is 5. The molecule has 8 heteroatoms. The van der Waals surface area contributed by atoms with Gasteiger partial charge in [-0.25, -0.2) is 4.98 Å². The molecule has 0 N–H and O–H groups in total. The van der Waals surface area contributed by atoms with Gasteiger partial charge in [0, 0.05) is 23.8 Å². The Balaban J connectivity index is 1.98. The van der Waals surface area contributed by atoms with Gasteiger partial charge in [-0.3, -0.25) is 14.2 Å². The van der Waals surface area contributed by atoms with Gasteiger partial charge in [0.05, 0.1) is 28.6 Å². The maximum absolute atomic E-state index is 13.3. The van der Waals surface area contributed by atoms with Crippen LogP contribution >= 0.6 is 23.4 Å². The zero-order valence-corrected chi connectivity index (χ0v) is 19.9. The monoisotopic (exact) mass is 468 g/mol. The fraction of sp³-hybridized carbons (Fsp3) is 0.333. The molecule has 0 bridgehead atoms. The molecule has 0 saturated heterocycles. The first-order valence-corrected chi connectivity index (χ1v) is 11.7. The van der Waals surface area contributed by atoms with Crippen molar-refractivity contribution in [2.24, 2.45) is 5.92 Å². The van der Waals surface area contributed by atoms with Crippen LogP contribution in [-0.2, 0) is 11.3 Å². The van der Waals surface area contributed by atoms with Crippen molar-refractivity contribution in [3.8, 4) is 6.07 Å². The third-order valence-electron chi connectivity index (χ3n) is 4.84. The fourth-order valence-corrected chi connectivity index (χ4v) is 4.51. The molecule has 0 radical (unpaired) electrons. The van der Waals surface area contributed by atoms with Gasteiger partial charge in [-0.05, 0) is 43.2 Å². The molecule has 166 valence electrons. The highest BCUT2D eigenvalue weighted by Crippen LogP contribution is 2.27. The van der Waals surface area contributed by atoms with E-state index in [2.05, 4.69) is 6.07 Å². The lowest BCUT2D eigenvalue weighted by Gasteiger charge is -2.25. The average Bonchev–Trinajstić information content (AvgIpc) is 2.77. The second-order valence-corrected chi connectivity index (χ2v) is 9.60. The van der Waals surface area contributed by atoms with E-state index in [0.29, 0.717) is 34.2 Å². The summed E-state index contributed by atoms with van der Waals surface area (Å²) in [4.78, 5) is 32.9. The molecule has 3 aromatic rings. The van der Waals surface area contributed by atoms with Gasteiger partial charge in [0.25, 0.3) is 5.56 Å². The van der Waals surface area contributed by atoms with Gasteiger partial charge in [0.15, 0.2) is 5.16 Å². The number of halogens is 1. The number of fused-ring (bicyclic) bond motifs is 1. The zero-order chi connectivity index (χ0) is 23.3. The smallest absolute Gasteiger partial charge is 0.262 e. The zero-order valence-electron chi connectivity index (χ0n) is 18.3. The normalized spacial score (nSPS) is 12.0. The van der Waals surface area contributed by atoms with Gasteiger partial charge < -0.3 is 4.90 Å². The molecule has 0 aliphatic heterocycles. The molecule has 32 heavy (non-hydrogen) atoms. The maximum atomic E-state index is 13.3. The molecule has 1 amide bonds. The van der Waals surface area contributed by atoms with Crippen molar-refractivity contribution >= 4 is 45.9 Å². The molecule has 0 spiro atoms. The van der Waals surface area contributed by atoms with Crippen molar-refractivity contribution in [3.63, 3.8) is 0 Å². The minimum atomic E-state index is -0.510. The summed E-state index contributed by atoms with van der Waals surface area (Å²) in [5.74, 6) is 0.0749. The predicted molar refractivity (Wildman–Crippen MR) is 130 cm³/mol. The van der Waals surface area contributed by atoms with E-state index in [1.807, 2.05) is 44.2 Å². The van der Waals surface area contributed by atoms with E-state index in [-0.39, 0.29) is 23.8 Å². The molecule has 6 nitrogen and oxygen atoms in total. The number of amides is 1. The molecule has 3 rings (SSSR count). The second kappa shape index (κ2) is 10.7. The number of carbonyl (C=O) groups is 1. The van der Waals surface area contributed by atoms with Gasteiger partial charge in [-0.2, -0.15) is 5.26 Å². The quantitative estimate of drug-likeness (QED) is 0.338. The first-order valence-electron chi connectivity index (χ1n) is 10.4. The molecule has 0 aliphatic rings. The van der Waals surface area contributed by atoms with Crippen LogP contribution in [0.1, 0.15) is 27.2 Å². The highest BCUT2D eigenvalue weighted by Gasteiger charge is 2.25. The van der Waals surface area contributed by atoms with Gasteiger partial charge in [0.2, 0.25) is 5.91 Å². The third kappa shape index (κ3) is 5.50. The van der Waals surface area contributed by atoms with Crippen LogP contribution in [0.5, 0.6) is 0 Å². The van der Waals surface area contributed by atoms with Gasteiger partial charge >= 0.3 is 0 Å². The first kappa shape index (κ1) is 23.8. The number of nitrogens with zero attached hydrogens (tertiary/aromatic N) is 4. The van der Waals surface area contributed by atoms with E-state index < -0.39 is 5.25 Å². The summed E-state index contributed by atoms with van der Waals surface area (Å²) in [7, 11) is 0. The Labute approximate surface area is 196 Å². The molecule has 0 fully saturated rings. The minimum Gasteiger partial charge on any atom is -0.310 e. The Morgan fingerprint density at radius 3 is 2.59 bits per heavy atom. The molecular weight excluding hydrogens is 444 g/mol. The number of para-hydroxylation sites is 1. The van der Waals surface area contributed by atoms with Crippen molar-refractivity contribution in [1.29, 1.82) is 5.26 Å². The Bertz CT molecular complexity index is 1200. The van der Waals surface area contributed by atoms with Crippen molar-refractivity contribution in [2.75, 3.05) is 11.4 Å². The number of aromatic nitrogens is 2.